The number of para-hydroxylation sites is 1. The van der Waals surface area contributed by atoms with Gasteiger partial charge in [0.15, 0.2) is 0 Å². The van der Waals surface area contributed by atoms with Gasteiger partial charge in [0.05, 0.1) is 5.56 Å². The first-order valence-corrected chi connectivity index (χ1v) is 7.47. The molecule has 1 heterocycles. The van der Waals surface area contributed by atoms with Crippen molar-refractivity contribution in [1.82, 2.24) is 9.47 Å². The highest BCUT2D eigenvalue weighted by Crippen LogP contribution is 2.20. The van der Waals surface area contributed by atoms with E-state index >= 15 is 0 Å². The topological polar surface area (TPSA) is 49.0 Å². The zero-order valence-corrected chi connectivity index (χ0v) is 12.7. The van der Waals surface area contributed by atoms with Crippen molar-refractivity contribution in [2.45, 2.75) is 33.2 Å². The minimum Gasteiger partial charge on any atom is -0.341 e. The largest absolute Gasteiger partial charge is 0.341 e. The molecule has 2 aromatic rings. The molecule has 0 radical (unpaired) electrons. The SMILES string of the molecule is CCCN(CCC)C(=O)Cn1cc(C#N)c2ccccc21. The van der Waals surface area contributed by atoms with Gasteiger partial charge in [0, 0.05) is 30.2 Å². The van der Waals surface area contributed by atoms with E-state index in [1.54, 1.807) is 6.20 Å². The lowest BCUT2D eigenvalue weighted by Gasteiger charge is -2.21. The molecule has 0 bridgehead atoms. The van der Waals surface area contributed by atoms with Crippen LogP contribution in [0.15, 0.2) is 30.5 Å². The molecule has 2 rings (SSSR count). The quantitative estimate of drug-likeness (QED) is 0.817. The van der Waals surface area contributed by atoms with Crippen LogP contribution >= 0.6 is 0 Å². The van der Waals surface area contributed by atoms with Crippen molar-refractivity contribution < 1.29 is 4.79 Å². The molecular formula is C17H21N3O. The molecule has 0 N–H and O–H groups in total. The van der Waals surface area contributed by atoms with Crippen LogP contribution in [0.4, 0.5) is 0 Å². The fourth-order valence-corrected chi connectivity index (χ4v) is 2.61. The molecular weight excluding hydrogens is 262 g/mol. The number of nitrogens with zero attached hydrogens (tertiary/aromatic N) is 3. The number of hydrogen-bond acceptors (Lipinski definition) is 2. The number of fused-ring (bicyclic) bond motifs is 1. The molecule has 4 nitrogen and oxygen atoms in total. The molecule has 1 aromatic carbocycles. The maximum Gasteiger partial charge on any atom is 0.242 e. The summed E-state index contributed by atoms with van der Waals surface area (Å²) in [6.07, 6.45) is 3.70. The third-order valence-electron chi connectivity index (χ3n) is 3.55. The zero-order chi connectivity index (χ0) is 15.2. The molecule has 0 saturated heterocycles. The van der Waals surface area contributed by atoms with Crippen molar-refractivity contribution >= 4 is 16.8 Å². The van der Waals surface area contributed by atoms with Gasteiger partial charge in [-0.25, -0.2) is 0 Å². The monoisotopic (exact) mass is 283 g/mol. The van der Waals surface area contributed by atoms with Crippen LogP contribution in [0.3, 0.4) is 0 Å². The van der Waals surface area contributed by atoms with E-state index in [0.717, 1.165) is 36.8 Å². The summed E-state index contributed by atoms with van der Waals surface area (Å²) in [6.45, 7) is 6.03. The zero-order valence-electron chi connectivity index (χ0n) is 12.7. The van der Waals surface area contributed by atoms with Crippen LogP contribution in [0.25, 0.3) is 10.9 Å². The molecule has 0 fully saturated rings. The Balaban J connectivity index is 2.27. The van der Waals surface area contributed by atoms with Crippen LogP contribution in [0.1, 0.15) is 32.3 Å². The van der Waals surface area contributed by atoms with Crippen molar-refractivity contribution in [3.05, 3.63) is 36.0 Å². The third-order valence-corrected chi connectivity index (χ3v) is 3.55. The van der Waals surface area contributed by atoms with Crippen molar-refractivity contribution in [2.24, 2.45) is 0 Å². The van der Waals surface area contributed by atoms with Crippen molar-refractivity contribution in [3.8, 4) is 6.07 Å². The summed E-state index contributed by atoms with van der Waals surface area (Å²) in [6, 6.07) is 9.91. The summed E-state index contributed by atoms with van der Waals surface area (Å²) in [4.78, 5) is 14.4. The lowest BCUT2D eigenvalue weighted by Crippen LogP contribution is -2.35. The number of aromatic nitrogens is 1. The highest BCUT2D eigenvalue weighted by molar-refractivity contribution is 5.88. The second-order valence-corrected chi connectivity index (χ2v) is 5.18. The van der Waals surface area contributed by atoms with Gasteiger partial charge in [0.25, 0.3) is 0 Å². The van der Waals surface area contributed by atoms with E-state index in [1.807, 2.05) is 33.7 Å². The Kier molecular flexibility index (Phi) is 4.99. The van der Waals surface area contributed by atoms with Crippen molar-refractivity contribution in [1.29, 1.82) is 5.26 Å². The second-order valence-electron chi connectivity index (χ2n) is 5.18. The Labute approximate surface area is 125 Å². The minimum absolute atomic E-state index is 0.115. The minimum atomic E-state index is 0.115. The highest BCUT2D eigenvalue weighted by atomic mass is 16.2. The molecule has 1 aromatic heterocycles. The lowest BCUT2D eigenvalue weighted by atomic mass is 10.2. The molecule has 0 aliphatic heterocycles. The van der Waals surface area contributed by atoms with Crippen LogP contribution in [-0.4, -0.2) is 28.5 Å². The van der Waals surface area contributed by atoms with E-state index in [2.05, 4.69) is 19.9 Å². The van der Waals surface area contributed by atoms with Crippen LogP contribution in [0.5, 0.6) is 0 Å². The Morgan fingerprint density at radius 3 is 2.52 bits per heavy atom. The number of rotatable bonds is 6. The maximum atomic E-state index is 12.5. The van der Waals surface area contributed by atoms with Crippen LogP contribution in [0.2, 0.25) is 0 Å². The van der Waals surface area contributed by atoms with Gasteiger partial charge in [-0.3, -0.25) is 4.79 Å². The first-order valence-electron chi connectivity index (χ1n) is 7.47. The number of benzene rings is 1. The summed E-state index contributed by atoms with van der Waals surface area (Å²) in [5, 5.41) is 10.1. The van der Waals surface area contributed by atoms with E-state index in [0.29, 0.717) is 12.1 Å². The Hall–Kier alpha value is -2.28. The number of carbonyl (C=O) groups excluding carboxylic acids is 1. The fraction of sp³-hybridized carbons (Fsp3) is 0.412. The van der Waals surface area contributed by atoms with E-state index < -0.39 is 0 Å². The summed E-state index contributed by atoms with van der Waals surface area (Å²) in [5.41, 5.74) is 1.56. The van der Waals surface area contributed by atoms with Gasteiger partial charge in [0.1, 0.15) is 12.6 Å². The molecule has 0 spiro atoms. The van der Waals surface area contributed by atoms with Gasteiger partial charge in [-0.1, -0.05) is 32.0 Å². The van der Waals surface area contributed by atoms with Crippen molar-refractivity contribution in [2.75, 3.05) is 13.1 Å². The van der Waals surface area contributed by atoms with E-state index in [4.69, 9.17) is 0 Å². The molecule has 0 unspecified atom stereocenters. The molecule has 0 aliphatic carbocycles. The van der Waals surface area contributed by atoms with E-state index in [1.165, 1.54) is 0 Å². The first-order chi connectivity index (χ1) is 10.2. The van der Waals surface area contributed by atoms with Gasteiger partial charge in [-0.2, -0.15) is 5.26 Å². The number of hydrogen-bond donors (Lipinski definition) is 0. The molecule has 0 saturated carbocycles. The van der Waals surface area contributed by atoms with Gasteiger partial charge in [-0.15, -0.1) is 0 Å². The average Bonchev–Trinajstić information content (AvgIpc) is 2.85. The number of nitriles is 1. The van der Waals surface area contributed by atoms with Crippen LogP contribution in [-0.2, 0) is 11.3 Å². The first kappa shape index (κ1) is 15.1. The van der Waals surface area contributed by atoms with Gasteiger partial charge < -0.3 is 9.47 Å². The third kappa shape index (κ3) is 3.25. The average molecular weight is 283 g/mol. The Morgan fingerprint density at radius 2 is 1.90 bits per heavy atom. The van der Waals surface area contributed by atoms with E-state index in [-0.39, 0.29) is 5.91 Å². The second kappa shape index (κ2) is 6.94. The van der Waals surface area contributed by atoms with Crippen molar-refractivity contribution in [3.63, 3.8) is 0 Å². The standard InChI is InChI=1S/C17H21N3O/c1-3-9-19(10-4-2)17(21)13-20-12-14(11-18)15-7-5-6-8-16(15)20/h5-8,12H,3-4,9-10,13H2,1-2H3. The molecule has 0 atom stereocenters. The highest BCUT2D eigenvalue weighted by Gasteiger charge is 2.15. The van der Waals surface area contributed by atoms with E-state index in [9.17, 15) is 10.1 Å². The number of amides is 1. The Bertz CT molecular complexity index is 660. The van der Waals surface area contributed by atoms with Gasteiger partial charge >= 0.3 is 0 Å². The van der Waals surface area contributed by atoms with Gasteiger partial charge in [-0.05, 0) is 18.9 Å². The van der Waals surface area contributed by atoms with Crippen LogP contribution < -0.4 is 0 Å². The molecule has 21 heavy (non-hydrogen) atoms. The smallest absolute Gasteiger partial charge is 0.242 e. The summed E-state index contributed by atoms with van der Waals surface area (Å²) >= 11 is 0. The van der Waals surface area contributed by atoms with Crippen LogP contribution in [0, 0.1) is 11.3 Å². The summed E-state index contributed by atoms with van der Waals surface area (Å²) in [5.74, 6) is 0.115. The number of carbonyl (C=O) groups is 1. The molecule has 4 heteroatoms. The predicted octanol–water partition coefficient (Wildman–Crippen LogP) is 3.16. The maximum absolute atomic E-state index is 12.5. The Morgan fingerprint density at radius 1 is 1.24 bits per heavy atom. The summed E-state index contributed by atoms with van der Waals surface area (Å²) < 4.78 is 1.88. The van der Waals surface area contributed by atoms with Gasteiger partial charge in [0.2, 0.25) is 5.91 Å². The summed E-state index contributed by atoms with van der Waals surface area (Å²) in [7, 11) is 0. The molecule has 110 valence electrons. The predicted molar refractivity (Wildman–Crippen MR) is 83.8 cm³/mol. The normalized spacial score (nSPS) is 10.5. The fourth-order valence-electron chi connectivity index (χ4n) is 2.61. The molecule has 0 aliphatic rings. The lowest BCUT2D eigenvalue weighted by molar-refractivity contribution is -0.131. The molecule has 1 amide bonds.